The summed E-state index contributed by atoms with van der Waals surface area (Å²) >= 11 is 0. The molecule has 1 aromatic heterocycles. The van der Waals surface area contributed by atoms with Crippen LogP contribution in [0.5, 0.6) is 0 Å². The largest absolute Gasteiger partial charge is 0.550 e. The van der Waals surface area contributed by atoms with Gasteiger partial charge in [-0.1, -0.05) is 6.92 Å². The third-order valence-corrected chi connectivity index (χ3v) is 1.30. The number of nitrogens with two attached hydrogens (primary N) is 2. The molecule has 0 saturated carbocycles. The van der Waals surface area contributed by atoms with Gasteiger partial charge in [0.2, 0.25) is 0 Å². The number of hydrogen-bond donors (Lipinski definition) is 2. The minimum absolute atomic E-state index is 0.847. The van der Waals surface area contributed by atoms with E-state index in [2.05, 4.69) is 0 Å². The van der Waals surface area contributed by atoms with Crippen molar-refractivity contribution < 1.29 is 14.6 Å². The minimum Gasteiger partial charge on any atom is -0.550 e. The van der Waals surface area contributed by atoms with Gasteiger partial charge in [0.05, 0.1) is 6.42 Å². The zero-order valence-corrected chi connectivity index (χ0v) is 7.73. The van der Waals surface area contributed by atoms with Crippen LogP contribution in [0.2, 0.25) is 0 Å². The molecule has 0 unspecified atom stereocenters. The van der Waals surface area contributed by atoms with E-state index in [4.69, 9.17) is 21.6 Å². The Hall–Kier alpha value is -1.72. The fourth-order valence-electron chi connectivity index (χ4n) is 0.814. The maximum absolute atomic E-state index is 8.89. The van der Waals surface area contributed by atoms with Crippen LogP contribution < -0.4 is 21.5 Å². The summed E-state index contributed by atoms with van der Waals surface area (Å²) in [6, 6.07) is 0. The molecule has 0 atom stereocenters. The van der Waals surface area contributed by atoms with Crippen molar-refractivity contribution in [1.82, 2.24) is 4.68 Å². The minimum atomic E-state index is -1.08. The maximum Gasteiger partial charge on any atom is 0.302 e. The van der Waals surface area contributed by atoms with Crippen LogP contribution in [0.3, 0.4) is 0 Å². The Morgan fingerprint density at radius 3 is 2.38 bits per heavy atom. The Bertz CT molecular complexity index is 259. The number of rotatable bonds is 1. The highest BCUT2D eigenvalue weighted by atomic mass is 16.4. The normalized spacial score (nSPS) is 8.77. The quantitative estimate of drug-likeness (QED) is 0.374. The van der Waals surface area contributed by atoms with Crippen LogP contribution in [0.15, 0.2) is 12.4 Å². The topological polar surface area (TPSA) is 101 Å². The van der Waals surface area contributed by atoms with Gasteiger partial charge in [0.15, 0.2) is 12.4 Å². The molecule has 0 bridgehead atoms. The van der Waals surface area contributed by atoms with Gasteiger partial charge in [-0.2, -0.15) is 0 Å². The fourth-order valence-corrected chi connectivity index (χ4v) is 0.814. The van der Waals surface area contributed by atoms with Gasteiger partial charge in [-0.05, 0) is 6.92 Å². The summed E-state index contributed by atoms with van der Waals surface area (Å²) in [7, 11) is 0. The van der Waals surface area contributed by atoms with Gasteiger partial charge in [-0.25, -0.2) is 0 Å². The van der Waals surface area contributed by atoms with Crippen LogP contribution in [0.1, 0.15) is 19.7 Å². The average Bonchev–Trinajstić information content (AvgIpc) is 2.30. The molecule has 0 fully saturated rings. The lowest BCUT2D eigenvalue weighted by molar-refractivity contribution is -0.646. The first-order valence-corrected chi connectivity index (χ1v) is 3.78. The number of aromatic nitrogens is 2. The van der Waals surface area contributed by atoms with Crippen LogP contribution in [-0.2, 0) is 11.2 Å². The zero-order valence-electron chi connectivity index (χ0n) is 7.73. The van der Waals surface area contributed by atoms with Crippen LogP contribution in [0, 0.1) is 0 Å². The summed E-state index contributed by atoms with van der Waals surface area (Å²) in [5, 5.41) is 8.89. The second-order valence-electron chi connectivity index (χ2n) is 2.37. The van der Waals surface area contributed by atoms with Gasteiger partial charge < -0.3 is 9.90 Å². The number of carboxylic acid groups (broad SMARTS) is 1. The number of carboxylic acids is 1. The van der Waals surface area contributed by atoms with E-state index in [9.17, 15) is 0 Å². The number of aliphatic carboxylic acids is 1. The van der Waals surface area contributed by atoms with E-state index in [0.29, 0.717) is 0 Å². The molecular weight excluding hydrogens is 172 g/mol. The van der Waals surface area contributed by atoms with Crippen molar-refractivity contribution in [3.8, 4) is 0 Å². The summed E-state index contributed by atoms with van der Waals surface area (Å²) in [5.74, 6) is 10.8. The molecule has 74 valence electrons. The van der Waals surface area contributed by atoms with Gasteiger partial charge in [-0.15, -0.1) is 9.35 Å². The molecule has 0 amide bonds. The lowest BCUT2D eigenvalue weighted by Gasteiger charge is -1.89. The van der Waals surface area contributed by atoms with Crippen molar-refractivity contribution in [2.24, 2.45) is 0 Å². The van der Waals surface area contributed by atoms with Crippen LogP contribution >= 0.6 is 0 Å². The smallest absolute Gasteiger partial charge is 0.302 e. The molecule has 13 heavy (non-hydrogen) atoms. The summed E-state index contributed by atoms with van der Waals surface area (Å²) < 4.78 is 3.03. The van der Waals surface area contributed by atoms with Crippen molar-refractivity contribution in [2.75, 3.05) is 11.7 Å². The Kier molecular flexibility index (Phi) is 4.36. The van der Waals surface area contributed by atoms with E-state index in [-0.39, 0.29) is 0 Å². The van der Waals surface area contributed by atoms with Crippen molar-refractivity contribution in [2.45, 2.75) is 20.3 Å². The van der Waals surface area contributed by atoms with E-state index in [0.717, 1.165) is 19.2 Å². The monoisotopic (exact) mass is 186 g/mol. The lowest BCUT2D eigenvalue weighted by atomic mass is 10.5. The molecule has 6 heteroatoms. The number of hydrogen-bond acceptors (Lipinski definition) is 4. The van der Waals surface area contributed by atoms with Gasteiger partial charge in [0, 0.05) is 5.97 Å². The number of nitrogens with zero attached hydrogens (tertiary/aromatic N) is 2. The average molecular weight is 186 g/mol. The van der Waals surface area contributed by atoms with Gasteiger partial charge >= 0.3 is 5.82 Å². The third kappa shape index (κ3) is 4.00. The first-order valence-electron chi connectivity index (χ1n) is 3.78. The molecular formula is C7H14N4O2. The van der Waals surface area contributed by atoms with E-state index >= 15 is 0 Å². The zero-order chi connectivity index (χ0) is 10.4. The van der Waals surface area contributed by atoms with E-state index in [1.54, 1.807) is 12.4 Å². The lowest BCUT2D eigenvalue weighted by Crippen LogP contribution is -2.47. The maximum atomic E-state index is 8.89. The molecule has 1 heterocycles. The molecule has 0 aliphatic heterocycles. The predicted molar refractivity (Wildman–Crippen MR) is 45.0 cm³/mol. The summed E-state index contributed by atoms with van der Waals surface area (Å²) in [6.07, 6.45) is 4.29. The van der Waals surface area contributed by atoms with Crippen LogP contribution in [0.25, 0.3) is 0 Å². The Morgan fingerprint density at radius 1 is 1.77 bits per heavy atom. The van der Waals surface area contributed by atoms with E-state index < -0.39 is 5.97 Å². The van der Waals surface area contributed by atoms with Gasteiger partial charge in [-0.3, -0.25) is 11.7 Å². The molecule has 0 aliphatic rings. The van der Waals surface area contributed by atoms with Crippen molar-refractivity contribution >= 4 is 5.97 Å². The second-order valence-corrected chi connectivity index (χ2v) is 2.37. The van der Waals surface area contributed by atoms with Crippen molar-refractivity contribution in [3.05, 3.63) is 18.2 Å². The molecule has 0 aliphatic carbocycles. The van der Waals surface area contributed by atoms with Crippen LogP contribution in [0.4, 0.5) is 0 Å². The molecule has 0 spiro atoms. The molecule has 0 saturated heterocycles. The highest BCUT2D eigenvalue weighted by molar-refractivity contribution is 5.60. The van der Waals surface area contributed by atoms with Crippen molar-refractivity contribution in [1.29, 1.82) is 0 Å². The second kappa shape index (κ2) is 5.02. The third-order valence-electron chi connectivity index (χ3n) is 1.30. The highest BCUT2D eigenvalue weighted by Gasteiger charge is 2.08. The van der Waals surface area contributed by atoms with Crippen LogP contribution in [-0.4, -0.2) is 10.6 Å². The summed E-state index contributed by atoms with van der Waals surface area (Å²) in [6.45, 7) is 2.97. The standard InChI is InChI=1S/C5H11N4.C2H4O2/c1-2-5-8(6)3-4-9(5)7;1-2(3)4/h3-4H,2,6-7H2,1H3;1H3,(H,3,4)/q+1;/p-1. The number of nitrogen functional groups attached to an aromatic ring is 2. The number of imidazole rings is 1. The van der Waals surface area contributed by atoms with E-state index in [1.807, 2.05) is 6.92 Å². The fraction of sp³-hybridized carbons (Fsp3) is 0.429. The summed E-state index contributed by atoms with van der Waals surface area (Å²) in [5.41, 5.74) is 0. The van der Waals surface area contributed by atoms with Gasteiger partial charge in [0.1, 0.15) is 0 Å². The van der Waals surface area contributed by atoms with E-state index in [1.165, 1.54) is 9.35 Å². The predicted octanol–water partition coefficient (Wildman–Crippen LogP) is -2.48. The molecule has 1 rings (SSSR count). The molecule has 0 radical (unpaired) electrons. The Balaban J connectivity index is 0.000000310. The number of carbonyl (C=O) groups excluding carboxylic acids is 1. The Morgan fingerprint density at radius 2 is 2.23 bits per heavy atom. The van der Waals surface area contributed by atoms with Gasteiger partial charge in [0.25, 0.3) is 0 Å². The molecule has 0 aromatic carbocycles. The first-order chi connectivity index (χ1) is 5.99. The number of carbonyl (C=O) groups is 1. The molecule has 6 nitrogen and oxygen atoms in total. The SMILES string of the molecule is CC(=O)[O-].CCc1n(N)cc[n+]1N. The summed E-state index contributed by atoms with van der Waals surface area (Å²) in [4.78, 5) is 8.89. The Labute approximate surface area is 76.3 Å². The first kappa shape index (κ1) is 11.3. The molecule has 4 N–H and O–H groups in total. The van der Waals surface area contributed by atoms with Crippen molar-refractivity contribution in [3.63, 3.8) is 0 Å². The highest BCUT2D eigenvalue weighted by Crippen LogP contribution is 1.86. The molecule has 1 aromatic rings.